The highest BCUT2D eigenvalue weighted by Gasteiger charge is 2.21. The number of benzene rings is 2. The van der Waals surface area contributed by atoms with E-state index in [2.05, 4.69) is 20.6 Å². The first-order chi connectivity index (χ1) is 13.5. The molecule has 0 radical (unpaired) electrons. The maximum absolute atomic E-state index is 12.8. The van der Waals surface area contributed by atoms with Crippen LogP contribution < -0.4 is 15.6 Å². The van der Waals surface area contributed by atoms with Crippen molar-refractivity contribution < 1.29 is 9.53 Å². The Kier molecular flexibility index (Phi) is 4.31. The molecular weight excluding hydrogens is 358 g/mol. The number of ether oxygens (including phenoxy) is 1. The molecule has 0 saturated carbocycles. The topological polar surface area (TPSA) is 101 Å². The van der Waals surface area contributed by atoms with Gasteiger partial charge in [0.2, 0.25) is 0 Å². The third-order valence-corrected chi connectivity index (χ3v) is 4.69. The van der Waals surface area contributed by atoms with Crippen LogP contribution in [0.4, 0.5) is 0 Å². The number of nitrogens with zero attached hydrogens (tertiary/aromatic N) is 3. The fraction of sp³-hybridized carbons (Fsp3) is 0.200. The summed E-state index contributed by atoms with van der Waals surface area (Å²) in [6.45, 7) is 3.79. The van der Waals surface area contributed by atoms with Gasteiger partial charge in [0.05, 0.1) is 24.2 Å². The summed E-state index contributed by atoms with van der Waals surface area (Å²) < 4.78 is 6.55. The maximum Gasteiger partial charge on any atom is 0.277 e. The van der Waals surface area contributed by atoms with Crippen molar-refractivity contribution in [2.75, 3.05) is 7.11 Å². The summed E-state index contributed by atoms with van der Waals surface area (Å²) >= 11 is 0. The normalized spacial score (nSPS) is 12.2. The summed E-state index contributed by atoms with van der Waals surface area (Å²) in [7, 11) is 1.60. The number of carbonyl (C=O) groups excluding carboxylic acids is 1. The van der Waals surface area contributed by atoms with Crippen LogP contribution in [0, 0.1) is 6.92 Å². The highest BCUT2D eigenvalue weighted by Crippen LogP contribution is 2.19. The summed E-state index contributed by atoms with van der Waals surface area (Å²) in [6.07, 6.45) is 0. The fourth-order valence-corrected chi connectivity index (χ4v) is 3.16. The van der Waals surface area contributed by atoms with Crippen LogP contribution in [0.2, 0.25) is 0 Å². The molecule has 0 fully saturated rings. The molecule has 8 heteroatoms. The van der Waals surface area contributed by atoms with E-state index < -0.39 is 11.5 Å². The average molecular weight is 377 g/mol. The zero-order chi connectivity index (χ0) is 19.8. The van der Waals surface area contributed by atoms with Crippen LogP contribution in [0.1, 0.15) is 34.6 Å². The predicted molar refractivity (Wildman–Crippen MR) is 105 cm³/mol. The molecule has 2 aromatic heterocycles. The molecule has 4 rings (SSSR count). The number of H-pyrrole nitrogens is 1. The van der Waals surface area contributed by atoms with E-state index in [1.165, 1.54) is 4.52 Å². The lowest BCUT2D eigenvalue weighted by atomic mass is 10.1. The minimum absolute atomic E-state index is 0.0101. The second kappa shape index (κ2) is 6.80. The number of hydrogen-bond acceptors (Lipinski definition) is 5. The summed E-state index contributed by atoms with van der Waals surface area (Å²) in [5.41, 5.74) is 2.93. The Balaban J connectivity index is 1.69. The molecule has 1 atom stereocenters. The molecule has 0 unspecified atom stereocenters. The van der Waals surface area contributed by atoms with Gasteiger partial charge in [-0.2, -0.15) is 0 Å². The number of aryl methyl sites for hydroxylation is 1. The maximum atomic E-state index is 12.8. The second-order valence-corrected chi connectivity index (χ2v) is 6.64. The van der Waals surface area contributed by atoms with Crippen LogP contribution in [0.25, 0.3) is 16.6 Å². The number of aromatic amines is 1. The average Bonchev–Trinajstić information content (AvgIpc) is 3.14. The Labute approximate surface area is 160 Å². The van der Waals surface area contributed by atoms with E-state index in [4.69, 9.17) is 4.74 Å². The molecule has 4 aromatic rings. The quantitative estimate of drug-likeness (QED) is 0.569. The minimum atomic E-state index is -0.463. The van der Waals surface area contributed by atoms with Crippen molar-refractivity contribution in [2.24, 2.45) is 0 Å². The smallest absolute Gasteiger partial charge is 0.277 e. The standard InChI is InChI=1S/C20H19N5O3/c1-11-4-9-16-15(10-11)22-20(27)18-17(23-24-25(16)18)19(26)21-12(2)13-5-7-14(28-3)8-6-13/h4-10,12H,1-3H3,(H,21,26)(H,22,27)/t12-/m0/s1. The van der Waals surface area contributed by atoms with E-state index >= 15 is 0 Å². The van der Waals surface area contributed by atoms with Crippen LogP contribution in [0.15, 0.2) is 47.3 Å². The van der Waals surface area contributed by atoms with Gasteiger partial charge in [0.15, 0.2) is 11.2 Å². The summed E-state index contributed by atoms with van der Waals surface area (Å²) in [5, 5.41) is 10.9. The summed E-state index contributed by atoms with van der Waals surface area (Å²) in [6, 6.07) is 12.7. The second-order valence-electron chi connectivity index (χ2n) is 6.64. The van der Waals surface area contributed by atoms with E-state index in [-0.39, 0.29) is 17.3 Å². The number of amides is 1. The van der Waals surface area contributed by atoms with Gasteiger partial charge in [0.1, 0.15) is 5.75 Å². The first-order valence-corrected chi connectivity index (χ1v) is 8.81. The molecule has 2 heterocycles. The molecule has 0 spiro atoms. The Morgan fingerprint density at radius 2 is 1.96 bits per heavy atom. The lowest BCUT2D eigenvalue weighted by Crippen LogP contribution is -2.28. The van der Waals surface area contributed by atoms with Crippen molar-refractivity contribution in [3.63, 3.8) is 0 Å². The Morgan fingerprint density at radius 3 is 2.68 bits per heavy atom. The summed E-state index contributed by atoms with van der Waals surface area (Å²) in [4.78, 5) is 28.1. The van der Waals surface area contributed by atoms with Crippen LogP contribution in [-0.4, -0.2) is 32.8 Å². The zero-order valence-corrected chi connectivity index (χ0v) is 15.7. The highest BCUT2D eigenvalue weighted by molar-refractivity contribution is 5.99. The first-order valence-electron chi connectivity index (χ1n) is 8.81. The molecule has 2 aromatic carbocycles. The van der Waals surface area contributed by atoms with Gasteiger partial charge in [0.25, 0.3) is 11.5 Å². The van der Waals surface area contributed by atoms with Gasteiger partial charge < -0.3 is 15.0 Å². The number of rotatable bonds is 4. The number of carbonyl (C=O) groups is 1. The Morgan fingerprint density at radius 1 is 1.21 bits per heavy atom. The highest BCUT2D eigenvalue weighted by atomic mass is 16.5. The number of aromatic nitrogens is 4. The molecule has 142 valence electrons. The van der Waals surface area contributed by atoms with Crippen molar-refractivity contribution in [3.05, 3.63) is 69.6 Å². The van der Waals surface area contributed by atoms with E-state index in [0.717, 1.165) is 16.9 Å². The SMILES string of the molecule is COc1ccc([C@H](C)NC(=O)c2nnn3c2c(=O)[nH]c2cc(C)ccc23)cc1. The number of fused-ring (bicyclic) bond motifs is 3. The van der Waals surface area contributed by atoms with Gasteiger partial charge in [-0.15, -0.1) is 5.10 Å². The van der Waals surface area contributed by atoms with E-state index in [0.29, 0.717) is 11.0 Å². The molecule has 0 bridgehead atoms. The molecule has 2 N–H and O–H groups in total. The number of nitrogens with one attached hydrogen (secondary N) is 2. The van der Waals surface area contributed by atoms with E-state index in [9.17, 15) is 9.59 Å². The van der Waals surface area contributed by atoms with Crippen LogP contribution >= 0.6 is 0 Å². The molecule has 0 saturated heterocycles. The van der Waals surface area contributed by atoms with Crippen molar-refractivity contribution >= 4 is 22.5 Å². The van der Waals surface area contributed by atoms with Crippen LogP contribution in [-0.2, 0) is 0 Å². The lowest BCUT2D eigenvalue weighted by molar-refractivity contribution is 0.0936. The molecule has 0 aliphatic rings. The van der Waals surface area contributed by atoms with E-state index in [1.54, 1.807) is 7.11 Å². The Bertz CT molecular complexity index is 1240. The monoisotopic (exact) mass is 377 g/mol. The van der Waals surface area contributed by atoms with Crippen molar-refractivity contribution in [2.45, 2.75) is 19.9 Å². The molecule has 8 nitrogen and oxygen atoms in total. The van der Waals surface area contributed by atoms with E-state index in [1.807, 2.05) is 56.3 Å². The third kappa shape index (κ3) is 2.98. The van der Waals surface area contributed by atoms with Crippen molar-refractivity contribution in [3.8, 4) is 5.75 Å². The molecule has 28 heavy (non-hydrogen) atoms. The largest absolute Gasteiger partial charge is 0.497 e. The molecule has 1 amide bonds. The molecule has 0 aliphatic heterocycles. The van der Waals surface area contributed by atoms with Gasteiger partial charge in [-0.25, -0.2) is 4.52 Å². The minimum Gasteiger partial charge on any atom is -0.497 e. The summed E-state index contributed by atoms with van der Waals surface area (Å²) in [5.74, 6) is 0.274. The Hall–Kier alpha value is -3.68. The van der Waals surface area contributed by atoms with Gasteiger partial charge >= 0.3 is 0 Å². The number of methoxy groups -OCH3 is 1. The van der Waals surface area contributed by atoms with Gasteiger partial charge in [0, 0.05) is 0 Å². The van der Waals surface area contributed by atoms with Gasteiger partial charge in [-0.3, -0.25) is 9.59 Å². The van der Waals surface area contributed by atoms with Gasteiger partial charge in [-0.05, 0) is 49.2 Å². The van der Waals surface area contributed by atoms with Gasteiger partial charge in [-0.1, -0.05) is 23.4 Å². The molecular formula is C20H19N5O3. The first kappa shape index (κ1) is 17.7. The predicted octanol–water partition coefficient (Wildman–Crippen LogP) is 2.38. The fourth-order valence-electron chi connectivity index (χ4n) is 3.16. The molecule has 0 aliphatic carbocycles. The van der Waals surface area contributed by atoms with Crippen LogP contribution in [0.3, 0.4) is 0 Å². The zero-order valence-electron chi connectivity index (χ0n) is 15.7. The third-order valence-electron chi connectivity index (χ3n) is 4.69. The van der Waals surface area contributed by atoms with Crippen molar-refractivity contribution in [1.82, 2.24) is 25.1 Å². The number of hydrogen-bond donors (Lipinski definition) is 2. The van der Waals surface area contributed by atoms with Crippen molar-refractivity contribution in [1.29, 1.82) is 0 Å². The van der Waals surface area contributed by atoms with Crippen LogP contribution in [0.5, 0.6) is 5.75 Å². The lowest BCUT2D eigenvalue weighted by Gasteiger charge is -2.14.